The highest BCUT2D eigenvalue weighted by molar-refractivity contribution is 5.76. The average molecular weight is 327 g/mol. The van der Waals surface area contributed by atoms with Gasteiger partial charge < -0.3 is 24.5 Å². The smallest absolute Gasteiger partial charge is 0.223 e. The van der Waals surface area contributed by atoms with E-state index in [2.05, 4.69) is 16.8 Å². The van der Waals surface area contributed by atoms with Crippen LogP contribution in [-0.2, 0) is 9.53 Å². The van der Waals surface area contributed by atoms with Crippen molar-refractivity contribution < 1.29 is 14.6 Å². The predicted molar refractivity (Wildman–Crippen MR) is 90.4 cm³/mol. The standard InChI is InChI=1S/C17H33N3O3/c1-18-9-11-19(12-10-18)8-4-16(22)20-7-3-5-17(14-20,15-21)6-13-23-2/h21H,3-15H2,1-2H3/t17-/m1/s1. The summed E-state index contributed by atoms with van der Waals surface area (Å²) in [5, 5.41) is 9.82. The first-order valence-corrected chi connectivity index (χ1v) is 8.87. The maximum Gasteiger partial charge on any atom is 0.223 e. The molecule has 1 amide bonds. The highest BCUT2D eigenvalue weighted by atomic mass is 16.5. The molecular formula is C17H33N3O3. The van der Waals surface area contributed by atoms with E-state index in [1.165, 1.54) is 0 Å². The summed E-state index contributed by atoms with van der Waals surface area (Å²) in [5.41, 5.74) is -0.169. The van der Waals surface area contributed by atoms with Crippen LogP contribution in [0.3, 0.4) is 0 Å². The topological polar surface area (TPSA) is 56.3 Å². The molecule has 2 saturated heterocycles. The Morgan fingerprint density at radius 1 is 1.22 bits per heavy atom. The van der Waals surface area contributed by atoms with Crippen LogP contribution in [0.4, 0.5) is 0 Å². The van der Waals surface area contributed by atoms with E-state index in [9.17, 15) is 9.90 Å². The van der Waals surface area contributed by atoms with Gasteiger partial charge in [0.1, 0.15) is 0 Å². The first-order chi connectivity index (χ1) is 11.1. The van der Waals surface area contributed by atoms with E-state index in [0.717, 1.165) is 58.5 Å². The number of carbonyl (C=O) groups is 1. The molecular weight excluding hydrogens is 294 g/mol. The molecule has 6 nitrogen and oxygen atoms in total. The van der Waals surface area contributed by atoms with Crippen LogP contribution in [0.15, 0.2) is 0 Å². The summed E-state index contributed by atoms with van der Waals surface area (Å²) in [6.45, 7) is 7.42. The van der Waals surface area contributed by atoms with E-state index in [-0.39, 0.29) is 17.9 Å². The molecule has 0 aromatic rings. The van der Waals surface area contributed by atoms with Gasteiger partial charge in [-0.15, -0.1) is 0 Å². The molecule has 2 heterocycles. The molecule has 0 aliphatic carbocycles. The minimum absolute atomic E-state index is 0.137. The van der Waals surface area contributed by atoms with Crippen LogP contribution in [0.1, 0.15) is 25.7 Å². The van der Waals surface area contributed by atoms with Gasteiger partial charge in [0.05, 0.1) is 6.61 Å². The van der Waals surface area contributed by atoms with Gasteiger partial charge in [-0.1, -0.05) is 0 Å². The highest BCUT2D eigenvalue weighted by Crippen LogP contribution is 2.33. The van der Waals surface area contributed by atoms with Crippen molar-refractivity contribution in [1.29, 1.82) is 0 Å². The lowest BCUT2D eigenvalue weighted by molar-refractivity contribution is -0.136. The van der Waals surface area contributed by atoms with Crippen LogP contribution >= 0.6 is 0 Å². The number of aliphatic hydroxyl groups excluding tert-OH is 1. The average Bonchev–Trinajstić information content (AvgIpc) is 2.59. The van der Waals surface area contributed by atoms with Crippen LogP contribution in [-0.4, -0.2) is 98.9 Å². The molecule has 134 valence electrons. The van der Waals surface area contributed by atoms with Crippen molar-refractivity contribution in [3.63, 3.8) is 0 Å². The van der Waals surface area contributed by atoms with E-state index in [1.54, 1.807) is 7.11 Å². The largest absolute Gasteiger partial charge is 0.396 e. The molecule has 0 bridgehead atoms. The Bertz CT molecular complexity index is 372. The summed E-state index contributed by atoms with van der Waals surface area (Å²) in [4.78, 5) is 19.2. The number of amides is 1. The van der Waals surface area contributed by atoms with Gasteiger partial charge in [-0.05, 0) is 26.3 Å². The number of hydrogen-bond donors (Lipinski definition) is 1. The lowest BCUT2D eigenvalue weighted by Gasteiger charge is -2.42. The van der Waals surface area contributed by atoms with E-state index >= 15 is 0 Å². The van der Waals surface area contributed by atoms with Crippen LogP contribution < -0.4 is 0 Å². The molecule has 0 unspecified atom stereocenters. The molecule has 23 heavy (non-hydrogen) atoms. The number of aliphatic hydroxyl groups is 1. The van der Waals surface area contributed by atoms with Crippen molar-refractivity contribution >= 4 is 5.91 Å². The van der Waals surface area contributed by atoms with Gasteiger partial charge in [0.2, 0.25) is 5.91 Å². The quantitative estimate of drug-likeness (QED) is 0.727. The van der Waals surface area contributed by atoms with Crippen LogP contribution in [0, 0.1) is 5.41 Å². The van der Waals surface area contributed by atoms with Gasteiger partial charge in [0, 0.05) is 71.4 Å². The van der Waals surface area contributed by atoms with Crippen molar-refractivity contribution in [1.82, 2.24) is 14.7 Å². The van der Waals surface area contributed by atoms with Crippen LogP contribution in [0.5, 0.6) is 0 Å². The molecule has 1 atom stereocenters. The number of ether oxygens (including phenoxy) is 1. The zero-order valence-electron chi connectivity index (χ0n) is 14.8. The second-order valence-electron chi connectivity index (χ2n) is 7.21. The zero-order chi connectivity index (χ0) is 16.7. The van der Waals surface area contributed by atoms with E-state index < -0.39 is 0 Å². The maximum absolute atomic E-state index is 12.6. The van der Waals surface area contributed by atoms with E-state index in [1.807, 2.05) is 4.90 Å². The molecule has 2 aliphatic heterocycles. The Morgan fingerprint density at radius 2 is 1.96 bits per heavy atom. The molecule has 2 rings (SSSR count). The fourth-order valence-corrected chi connectivity index (χ4v) is 3.63. The summed E-state index contributed by atoms with van der Waals surface area (Å²) < 4.78 is 5.18. The minimum atomic E-state index is -0.169. The molecule has 0 aromatic heterocycles. The molecule has 2 fully saturated rings. The molecule has 2 aliphatic rings. The van der Waals surface area contributed by atoms with Gasteiger partial charge >= 0.3 is 0 Å². The molecule has 0 spiro atoms. The predicted octanol–water partition coefficient (Wildman–Crippen LogP) is 0.262. The third-order valence-corrected chi connectivity index (χ3v) is 5.42. The Morgan fingerprint density at radius 3 is 2.61 bits per heavy atom. The summed E-state index contributed by atoms with van der Waals surface area (Å²) >= 11 is 0. The number of likely N-dealkylation sites (tertiary alicyclic amines) is 1. The first-order valence-electron chi connectivity index (χ1n) is 8.87. The maximum atomic E-state index is 12.6. The Labute approximate surface area is 140 Å². The van der Waals surface area contributed by atoms with Crippen LogP contribution in [0.25, 0.3) is 0 Å². The van der Waals surface area contributed by atoms with Gasteiger partial charge in [0.25, 0.3) is 0 Å². The number of likely N-dealkylation sites (N-methyl/N-ethyl adjacent to an activating group) is 1. The molecule has 0 saturated carbocycles. The van der Waals surface area contributed by atoms with Crippen molar-refractivity contribution in [3.05, 3.63) is 0 Å². The van der Waals surface area contributed by atoms with Crippen molar-refractivity contribution in [2.75, 3.05) is 73.2 Å². The number of nitrogens with zero attached hydrogens (tertiary/aromatic N) is 3. The van der Waals surface area contributed by atoms with Gasteiger partial charge in [0.15, 0.2) is 0 Å². The SMILES string of the molecule is COCC[C@]1(CO)CCCN(C(=O)CCN2CCN(C)CC2)C1. The van der Waals surface area contributed by atoms with Crippen LogP contribution in [0.2, 0.25) is 0 Å². The summed E-state index contributed by atoms with van der Waals surface area (Å²) in [6.07, 6.45) is 3.37. The van der Waals surface area contributed by atoms with E-state index in [0.29, 0.717) is 19.6 Å². The van der Waals surface area contributed by atoms with Gasteiger partial charge in [-0.2, -0.15) is 0 Å². The number of methoxy groups -OCH3 is 1. The van der Waals surface area contributed by atoms with Crippen molar-refractivity contribution in [3.8, 4) is 0 Å². The lowest BCUT2D eigenvalue weighted by Crippen LogP contribution is -2.49. The number of rotatable bonds is 7. The lowest BCUT2D eigenvalue weighted by atomic mass is 9.78. The number of carbonyl (C=O) groups excluding carboxylic acids is 1. The fraction of sp³-hybridized carbons (Fsp3) is 0.941. The monoisotopic (exact) mass is 327 g/mol. The first kappa shape index (κ1) is 18.6. The Kier molecular flexibility index (Phi) is 7.27. The number of piperazine rings is 1. The van der Waals surface area contributed by atoms with Gasteiger partial charge in [-0.3, -0.25) is 4.79 Å². The third-order valence-electron chi connectivity index (χ3n) is 5.42. The van der Waals surface area contributed by atoms with Crippen molar-refractivity contribution in [2.45, 2.75) is 25.7 Å². The molecule has 0 aromatic carbocycles. The fourth-order valence-electron chi connectivity index (χ4n) is 3.63. The third kappa shape index (κ3) is 5.41. The molecule has 0 radical (unpaired) electrons. The second-order valence-corrected chi connectivity index (χ2v) is 7.21. The summed E-state index contributed by atoms with van der Waals surface area (Å²) in [6, 6.07) is 0. The number of piperidine rings is 1. The zero-order valence-corrected chi connectivity index (χ0v) is 14.8. The highest BCUT2D eigenvalue weighted by Gasteiger charge is 2.36. The summed E-state index contributed by atoms with van der Waals surface area (Å²) in [7, 11) is 3.83. The molecule has 1 N–H and O–H groups in total. The van der Waals surface area contributed by atoms with E-state index in [4.69, 9.17) is 4.74 Å². The van der Waals surface area contributed by atoms with Crippen molar-refractivity contribution in [2.24, 2.45) is 5.41 Å². The number of hydrogen-bond acceptors (Lipinski definition) is 5. The summed E-state index contributed by atoms with van der Waals surface area (Å²) in [5.74, 6) is 0.235. The second kappa shape index (κ2) is 8.97. The van der Waals surface area contributed by atoms with Gasteiger partial charge in [-0.25, -0.2) is 0 Å². The minimum Gasteiger partial charge on any atom is -0.396 e. The molecule has 6 heteroatoms. The normalized spacial score (nSPS) is 27.3. The Balaban J connectivity index is 1.79. The Hall–Kier alpha value is -0.690.